The fraction of sp³-hybridized carbons (Fsp3) is 0.465. The van der Waals surface area contributed by atoms with Crippen LogP contribution in [0.25, 0.3) is 0 Å². The quantitative estimate of drug-likeness (QED) is 0.0892. The smallest absolute Gasteiger partial charge is 0.407 e. The predicted molar refractivity (Wildman–Crippen MR) is 228 cm³/mol. The van der Waals surface area contributed by atoms with Gasteiger partial charge in [-0.05, 0) is 121 Å². The first kappa shape index (κ1) is 45.9. The van der Waals surface area contributed by atoms with E-state index < -0.39 is 34.9 Å². The molecule has 2 fully saturated rings. The molecule has 4 aromatic rings. The van der Waals surface area contributed by atoms with E-state index in [-0.39, 0.29) is 69.6 Å². The number of nitrogen functional groups attached to an aromatic ring is 2. The molecule has 0 unspecified atom stereocenters. The molecule has 0 aliphatic heterocycles. The number of carbonyl (C=O) groups excluding carboxylic acids is 3. The molecule has 2 saturated carbocycles. The molecule has 61 heavy (non-hydrogen) atoms. The summed E-state index contributed by atoms with van der Waals surface area (Å²) < 4.78 is 43.7. The van der Waals surface area contributed by atoms with Crippen molar-refractivity contribution in [3.05, 3.63) is 81.7 Å². The average Bonchev–Trinajstić information content (AvgIpc) is 3.20. The Hall–Kier alpha value is -6.17. The monoisotopic (exact) mass is 846 g/mol. The first-order chi connectivity index (χ1) is 28.8. The summed E-state index contributed by atoms with van der Waals surface area (Å²) in [5.74, 6) is -0.788. The summed E-state index contributed by atoms with van der Waals surface area (Å²) in [5, 5.41) is 9.38. The summed E-state index contributed by atoms with van der Waals surface area (Å²) in [6, 6.07) is 5.84. The van der Waals surface area contributed by atoms with Crippen molar-refractivity contribution >= 4 is 41.2 Å². The van der Waals surface area contributed by atoms with Crippen LogP contribution in [0.15, 0.2) is 36.7 Å². The highest BCUT2D eigenvalue weighted by molar-refractivity contribution is 6.13. The Morgan fingerprint density at radius 2 is 1.05 bits per heavy atom. The standard InChI is InChI=1S/C24H32FN5O4.C19H24FN5O2/c1-13-10-19(33-5)16(11-18(13)25)20(31)17-12-27-22(30-21(17)26)28-14-6-8-15(9-7-14)29-23(32)34-24(2,3)4;1-10-7-16(27-2)13(8-15(10)20)17(26)14-9-23-19(25-18(14)22)24-12-5-3-11(21)4-6-12/h10-12,14-15H,6-9H2,1-5H3,(H,29,32)(H3,26,27,28,30);7-9,11-12H,3-6,21H2,1-2H3,(H3,22,23,24,25). The molecule has 2 aromatic heterocycles. The molecule has 6 rings (SSSR count). The predicted octanol–water partition coefficient (Wildman–Crippen LogP) is 6.42. The van der Waals surface area contributed by atoms with Gasteiger partial charge in [-0.25, -0.2) is 23.5 Å². The van der Waals surface area contributed by atoms with Gasteiger partial charge in [-0.1, -0.05) is 0 Å². The Bertz CT molecular complexity index is 2220. The summed E-state index contributed by atoms with van der Waals surface area (Å²) in [6.45, 7) is 8.67. The normalized spacial score (nSPS) is 18.8. The zero-order chi connectivity index (χ0) is 44.6. The van der Waals surface area contributed by atoms with Gasteiger partial charge in [0.2, 0.25) is 23.5 Å². The van der Waals surface area contributed by atoms with Gasteiger partial charge in [-0.3, -0.25) is 9.59 Å². The van der Waals surface area contributed by atoms with Gasteiger partial charge in [-0.15, -0.1) is 0 Å². The average molecular weight is 847 g/mol. The zero-order valence-corrected chi connectivity index (χ0v) is 35.7. The Morgan fingerprint density at radius 1 is 0.656 bits per heavy atom. The van der Waals surface area contributed by atoms with Crippen LogP contribution in [-0.2, 0) is 4.74 Å². The summed E-state index contributed by atoms with van der Waals surface area (Å²) in [7, 11) is 2.83. The maximum Gasteiger partial charge on any atom is 0.407 e. The fourth-order valence-corrected chi connectivity index (χ4v) is 7.06. The van der Waals surface area contributed by atoms with Crippen LogP contribution in [0.4, 0.5) is 37.1 Å². The number of benzene rings is 2. The Labute approximate surface area is 354 Å². The number of ether oxygens (including phenoxy) is 3. The summed E-state index contributed by atoms with van der Waals surface area (Å²) in [4.78, 5) is 54.6. The molecule has 0 atom stereocenters. The molecule has 328 valence electrons. The van der Waals surface area contributed by atoms with Gasteiger partial charge in [0.1, 0.15) is 40.4 Å². The number of carbonyl (C=O) groups is 3. The number of hydrogen-bond acceptors (Lipinski definition) is 15. The third-order valence-electron chi connectivity index (χ3n) is 10.5. The van der Waals surface area contributed by atoms with Gasteiger partial charge in [-0.2, -0.15) is 9.97 Å². The van der Waals surface area contributed by atoms with Crippen LogP contribution in [0.1, 0.15) is 115 Å². The second-order valence-electron chi connectivity index (χ2n) is 16.3. The highest BCUT2D eigenvalue weighted by Crippen LogP contribution is 2.29. The Kier molecular flexibility index (Phi) is 15.0. The molecule has 2 aliphatic rings. The third-order valence-corrected chi connectivity index (χ3v) is 10.5. The lowest BCUT2D eigenvalue weighted by Crippen LogP contribution is -2.42. The van der Waals surface area contributed by atoms with Gasteiger partial charge in [0.25, 0.3) is 0 Å². The lowest BCUT2D eigenvalue weighted by atomic mass is 9.91. The lowest BCUT2D eigenvalue weighted by Gasteiger charge is -2.30. The Balaban J connectivity index is 0.000000237. The molecule has 0 saturated heterocycles. The lowest BCUT2D eigenvalue weighted by molar-refractivity contribution is 0.0491. The van der Waals surface area contributed by atoms with Gasteiger partial charge >= 0.3 is 6.09 Å². The Morgan fingerprint density at radius 3 is 1.43 bits per heavy atom. The molecule has 2 aromatic carbocycles. The van der Waals surface area contributed by atoms with Crippen molar-refractivity contribution < 1.29 is 37.4 Å². The van der Waals surface area contributed by atoms with E-state index in [4.69, 9.17) is 31.4 Å². The second kappa shape index (κ2) is 19.9. The zero-order valence-electron chi connectivity index (χ0n) is 35.7. The van der Waals surface area contributed by atoms with E-state index in [1.54, 1.807) is 13.8 Å². The van der Waals surface area contributed by atoms with Gasteiger partial charge in [0.15, 0.2) is 0 Å². The molecular weight excluding hydrogens is 791 g/mol. The van der Waals surface area contributed by atoms with E-state index >= 15 is 0 Å². The largest absolute Gasteiger partial charge is 0.496 e. The minimum Gasteiger partial charge on any atom is -0.496 e. The van der Waals surface area contributed by atoms with Crippen LogP contribution in [0.3, 0.4) is 0 Å². The maximum absolute atomic E-state index is 14.1. The van der Waals surface area contributed by atoms with Gasteiger partial charge in [0.05, 0.1) is 36.5 Å². The van der Waals surface area contributed by atoms with Crippen LogP contribution in [0.5, 0.6) is 11.5 Å². The molecule has 18 heteroatoms. The number of nitrogens with two attached hydrogens (primary N) is 3. The second-order valence-corrected chi connectivity index (χ2v) is 16.3. The van der Waals surface area contributed by atoms with Crippen molar-refractivity contribution in [2.75, 3.05) is 36.3 Å². The van der Waals surface area contributed by atoms with Crippen LogP contribution >= 0.6 is 0 Å². The molecule has 2 heterocycles. The van der Waals surface area contributed by atoms with E-state index in [2.05, 4.69) is 35.9 Å². The van der Waals surface area contributed by atoms with Crippen molar-refractivity contribution in [1.29, 1.82) is 0 Å². The van der Waals surface area contributed by atoms with Crippen molar-refractivity contribution in [2.45, 2.75) is 116 Å². The maximum atomic E-state index is 14.1. The minimum absolute atomic E-state index is 0.00851. The van der Waals surface area contributed by atoms with Crippen LogP contribution in [-0.4, -0.2) is 81.6 Å². The number of nitrogens with one attached hydrogen (secondary N) is 3. The highest BCUT2D eigenvalue weighted by Gasteiger charge is 2.27. The molecule has 0 spiro atoms. The summed E-state index contributed by atoms with van der Waals surface area (Å²) >= 11 is 0. The molecular formula is C43H56F2N10O6. The summed E-state index contributed by atoms with van der Waals surface area (Å²) in [6.07, 6.45) is 9.20. The van der Waals surface area contributed by atoms with Gasteiger partial charge < -0.3 is 47.4 Å². The molecule has 0 radical (unpaired) electrons. The number of hydrogen-bond donors (Lipinski definition) is 6. The number of nitrogens with zero attached hydrogens (tertiary/aromatic N) is 4. The number of anilines is 4. The first-order valence-electron chi connectivity index (χ1n) is 20.2. The SMILES string of the molecule is COc1cc(C)c(F)cc1C(=O)c1cnc(NC2CCC(N)CC2)nc1N.COc1cc(C)c(F)cc1C(=O)c1cnc(NC2CCC(NC(=O)OC(C)(C)C)CC2)nc1N. The van der Waals surface area contributed by atoms with E-state index in [0.717, 1.165) is 63.5 Å². The molecule has 9 N–H and O–H groups in total. The third kappa shape index (κ3) is 12.2. The molecule has 1 amide bonds. The highest BCUT2D eigenvalue weighted by atomic mass is 19.1. The van der Waals surface area contributed by atoms with Gasteiger partial charge in [0, 0.05) is 36.6 Å². The first-order valence-corrected chi connectivity index (χ1v) is 20.2. The number of aryl methyl sites for hydroxylation is 2. The van der Waals surface area contributed by atoms with E-state index in [9.17, 15) is 23.2 Å². The number of aromatic nitrogens is 4. The summed E-state index contributed by atoms with van der Waals surface area (Å²) in [5.41, 5.74) is 18.5. The van der Waals surface area contributed by atoms with Crippen molar-refractivity contribution in [3.8, 4) is 11.5 Å². The number of amides is 1. The number of alkyl carbamates (subject to hydrolysis) is 1. The van der Waals surface area contributed by atoms with E-state index in [0.29, 0.717) is 23.0 Å². The minimum atomic E-state index is -0.535. The van der Waals surface area contributed by atoms with Crippen LogP contribution < -0.4 is 42.6 Å². The van der Waals surface area contributed by atoms with E-state index in [1.165, 1.54) is 38.7 Å². The number of ketones is 2. The van der Waals surface area contributed by atoms with Crippen molar-refractivity contribution in [3.63, 3.8) is 0 Å². The van der Waals surface area contributed by atoms with Crippen molar-refractivity contribution in [1.82, 2.24) is 25.3 Å². The number of halogens is 2. The molecule has 0 bridgehead atoms. The number of methoxy groups -OCH3 is 2. The number of rotatable bonds is 11. The van der Waals surface area contributed by atoms with Crippen LogP contribution in [0, 0.1) is 25.5 Å². The van der Waals surface area contributed by atoms with Crippen LogP contribution in [0.2, 0.25) is 0 Å². The topological polar surface area (TPSA) is 245 Å². The fourth-order valence-electron chi connectivity index (χ4n) is 7.06. The molecule has 16 nitrogen and oxygen atoms in total. The van der Waals surface area contributed by atoms with Crippen molar-refractivity contribution in [2.24, 2.45) is 5.73 Å². The van der Waals surface area contributed by atoms with E-state index in [1.807, 2.05) is 20.8 Å². The molecule has 2 aliphatic carbocycles.